The first-order chi connectivity index (χ1) is 8.69. The Hall–Kier alpha value is -0.940. The molecule has 0 aliphatic heterocycles. The summed E-state index contributed by atoms with van der Waals surface area (Å²) in [5.74, 6) is 0.413. The summed E-state index contributed by atoms with van der Waals surface area (Å²) in [4.78, 5) is 11.3. The third-order valence-corrected chi connectivity index (χ3v) is 4.94. The maximum Gasteiger partial charge on any atom is 0.341 e. The Labute approximate surface area is 111 Å². The van der Waals surface area contributed by atoms with E-state index in [2.05, 4.69) is 16.3 Å². The van der Waals surface area contributed by atoms with Crippen molar-refractivity contribution in [1.29, 1.82) is 0 Å². The highest BCUT2D eigenvalue weighted by atomic mass is 32.2. The van der Waals surface area contributed by atoms with Gasteiger partial charge in [-0.05, 0) is 25.2 Å². The molecule has 1 fully saturated rings. The molecule has 1 N–H and O–H groups in total. The van der Waals surface area contributed by atoms with Gasteiger partial charge in [0.2, 0.25) is 0 Å². The van der Waals surface area contributed by atoms with Crippen LogP contribution < -0.4 is 5.32 Å². The minimum absolute atomic E-state index is 0.357. The van der Waals surface area contributed by atoms with Gasteiger partial charge in [-0.1, -0.05) is 6.42 Å². The Morgan fingerprint density at radius 3 is 2.94 bits per heavy atom. The molecule has 1 aliphatic carbocycles. The average Bonchev–Trinajstić information content (AvgIpc) is 2.80. The van der Waals surface area contributed by atoms with Crippen molar-refractivity contribution in [1.82, 2.24) is 5.32 Å². The summed E-state index contributed by atoms with van der Waals surface area (Å²) in [5, 5.41) is 3.40. The molecule has 0 atom stereocenters. The first-order valence-electron chi connectivity index (χ1n) is 6.11. The van der Waals surface area contributed by atoms with Gasteiger partial charge in [0.05, 0.1) is 19.2 Å². The standard InChI is InChI=1S/C13H19NO3S/c1-16-12(15)10-6-11(17-8-10)7-14-9-13(18-2)4-3-5-13/h6,8,14H,3-5,7,9H2,1-2H3. The molecular weight excluding hydrogens is 250 g/mol. The second-order valence-corrected chi connectivity index (χ2v) is 5.91. The van der Waals surface area contributed by atoms with E-state index in [0.717, 1.165) is 12.3 Å². The van der Waals surface area contributed by atoms with Crippen molar-refractivity contribution in [3.63, 3.8) is 0 Å². The van der Waals surface area contributed by atoms with Crippen LogP contribution in [0, 0.1) is 0 Å². The lowest BCUT2D eigenvalue weighted by Gasteiger charge is -2.40. The van der Waals surface area contributed by atoms with Gasteiger partial charge in [0.25, 0.3) is 0 Å². The van der Waals surface area contributed by atoms with Gasteiger partial charge < -0.3 is 14.5 Å². The van der Waals surface area contributed by atoms with E-state index in [9.17, 15) is 4.79 Å². The van der Waals surface area contributed by atoms with Crippen LogP contribution in [0.3, 0.4) is 0 Å². The molecule has 0 unspecified atom stereocenters. The molecule has 1 aromatic heterocycles. The Kier molecular flexibility index (Phi) is 4.35. The molecule has 0 amide bonds. The molecule has 0 bridgehead atoms. The minimum atomic E-state index is -0.357. The number of furan rings is 1. The third kappa shape index (κ3) is 2.90. The lowest BCUT2D eigenvalue weighted by molar-refractivity contribution is 0.0600. The zero-order chi connectivity index (χ0) is 13.0. The highest BCUT2D eigenvalue weighted by Crippen LogP contribution is 2.42. The molecule has 1 aromatic rings. The average molecular weight is 269 g/mol. The van der Waals surface area contributed by atoms with Gasteiger partial charge in [0.15, 0.2) is 0 Å². The normalized spacial score (nSPS) is 17.2. The van der Waals surface area contributed by atoms with Gasteiger partial charge in [-0.25, -0.2) is 4.79 Å². The summed E-state index contributed by atoms with van der Waals surface area (Å²) in [7, 11) is 1.37. The van der Waals surface area contributed by atoms with Crippen LogP contribution in [-0.2, 0) is 11.3 Å². The van der Waals surface area contributed by atoms with Crippen molar-refractivity contribution in [2.45, 2.75) is 30.6 Å². The number of thioether (sulfide) groups is 1. The number of hydrogen-bond acceptors (Lipinski definition) is 5. The smallest absolute Gasteiger partial charge is 0.341 e. The predicted molar refractivity (Wildman–Crippen MR) is 71.9 cm³/mol. The Morgan fingerprint density at radius 2 is 2.39 bits per heavy atom. The molecule has 4 nitrogen and oxygen atoms in total. The van der Waals surface area contributed by atoms with Crippen LogP contribution in [0.1, 0.15) is 35.4 Å². The fourth-order valence-corrected chi connectivity index (χ4v) is 3.08. The van der Waals surface area contributed by atoms with Crippen LogP contribution in [-0.4, -0.2) is 30.6 Å². The number of rotatable bonds is 6. The van der Waals surface area contributed by atoms with E-state index in [1.54, 1.807) is 6.07 Å². The Balaban J connectivity index is 1.80. The molecule has 0 saturated heterocycles. The quantitative estimate of drug-likeness (QED) is 0.804. The van der Waals surface area contributed by atoms with E-state index >= 15 is 0 Å². The first kappa shape index (κ1) is 13.5. The number of hydrogen-bond donors (Lipinski definition) is 1. The number of ether oxygens (including phenoxy) is 1. The van der Waals surface area contributed by atoms with E-state index in [4.69, 9.17) is 4.42 Å². The highest BCUT2D eigenvalue weighted by molar-refractivity contribution is 8.00. The van der Waals surface area contributed by atoms with Crippen LogP contribution in [0.5, 0.6) is 0 Å². The zero-order valence-corrected chi connectivity index (χ0v) is 11.6. The highest BCUT2D eigenvalue weighted by Gasteiger charge is 2.35. The lowest BCUT2D eigenvalue weighted by atomic mass is 9.84. The minimum Gasteiger partial charge on any atom is -0.467 e. The first-order valence-corrected chi connectivity index (χ1v) is 7.33. The fraction of sp³-hybridized carbons (Fsp3) is 0.615. The molecule has 0 spiro atoms. The van der Waals surface area contributed by atoms with Crippen LogP contribution >= 0.6 is 11.8 Å². The molecule has 1 heterocycles. The van der Waals surface area contributed by atoms with E-state index in [1.165, 1.54) is 32.6 Å². The fourth-order valence-electron chi connectivity index (χ4n) is 2.14. The molecule has 2 rings (SSSR count). The summed E-state index contributed by atoms with van der Waals surface area (Å²) >= 11 is 1.94. The summed E-state index contributed by atoms with van der Waals surface area (Å²) in [6, 6.07) is 1.73. The molecule has 0 aromatic carbocycles. The van der Waals surface area contributed by atoms with Gasteiger partial charge in [-0.15, -0.1) is 0 Å². The molecule has 1 saturated carbocycles. The number of nitrogens with one attached hydrogen (secondary N) is 1. The SMILES string of the molecule is COC(=O)c1coc(CNCC2(SC)CCC2)c1. The Bertz CT molecular complexity index is 407. The summed E-state index contributed by atoms with van der Waals surface area (Å²) in [6.07, 6.45) is 7.51. The van der Waals surface area contributed by atoms with Crippen LogP contribution in [0.25, 0.3) is 0 Å². The second kappa shape index (κ2) is 5.80. The van der Waals surface area contributed by atoms with Crippen LogP contribution in [0.2, 0.25) is 0 Å². The van der Waals surface area contributed by atoms with Crippen LogP contribution in [0.15, 0.2) is 16.7 Å². The van der Waals surface area contributed by atoms with Crippen molar-refractivity contribution in [2.75, 3.05) is 19.9 Å². The largest absolute Gasteiger partial charge is 0.467 e. The van der Waals surface area contributed by atoms with Crippen molar-refractivity contribution < 1.29 is 13.9 Å². The topological polar surface area (TPSA) is 51.5 Å². The molecular formula is C13H19NO3S. The second-order valence-electron chi connectivity index (χ2n) is 4.64. The van der Waals surface area contributed by atoms with Gasteiger partial charge >= 0.3 is 5.97 Å². The van der Waals surface area contributed by atoms with Gasteiger partial charge in [0.1, 0.15) is 12.0 Å². The van der Waals surface area contributed by atoms with Gasteiger partial charge in [-0.2, -0.15) is 11.8 Å². The number of carbonyl (C=O) groups is 1. The molecule has 18 heavy (non-hydrogen) atoms. The third-order valence-electron chi connectivity index (χ3n) is 3.52. The number of esters is 1. The molecule has 1 aliphatic rings. The summed E-state index contributed by atoms with van der Waals surface area (Å²) in [6.45, 7) is 1.64. The molecule has 100 valence electrons. The maximum absolute atomic E-state index is 11.3. The number of methoxy groups -OCH3 is 1. The monoisotopic (exact) mass is 269 g/mol. The summed E-state index contributed by atoms with van der Waals surface area (Å²) in [5.41, 5.74) is 0.470. The van der Waals surface area contributed by atoms with Crippen LogP contribution in [0.4, 0.5) is 0 Å². The lowest BCUT2D eigenvalue weighted by Crippen LogP contribution is -2.43. The number of carbonyl (C=O) groups excluding carboxylic acids is 1. The van der Waals surface area contributed by atoms with Crippen molar-refractivity contribution in [3.05, 3.63) is 23.7 Å². The van der Waals surface area contributed by atoms with E-state index in [1.807, 2.05) is 11.8 Å². The maximum atomic E-state index is 11.3. The summed E-state index contributed by atoms with van der Waals surface area (Å²) < 4.78 is 10.4. The van der Waals surface area contributed by atoms with E-state index in [0.29, 0.717) is 16.9 Å². The van der Waals surface area contributed by atoms with E-state index < -0.39 is 0 Å². The van der Waals surface area contributed by atoms with Crippen molar-refractivity contribution >= 4 is 17.7 Å². The Morgan fingerprint density at radius 1 is 1.61 bits per heavy atom. The predicted octanol–water partition coefficient (Wildman–Crippen LogP) is 2.44. The van der Waals surface area contributed by atoms with Gasteiger partial charge in [-0.3, -0.25) is 0 Å². The molecule has 5 heteroatoms. The van der Waals surface area contributed by atoms with Crippen molar-refractivity contribution in [2.24, 2.45) is 0 Å². The zero-order valence-electron chi connectivity index (χ0n) is 10.8. The van der Waals surface area contributed by atoms with Gasteiger partial charge in [0, 0.05) is 11.3 Å². The molecule has 0 radical (unpaired) electrons. The van der Waals surface area contributed by atoms with Crippen molar-refractivity contribution in [3.8, 4) is 0 Å². The van der Waals surface area contributed by atoms with E-state index in [-0.39, 0.29) is 5.97 Å².